The Morgan fingerprint density at radius 3 is 2.38 bits per heavy atom. The number of rotatable bonds is 5. The smallest absolute Gasteiger partial charge is 0.225 e. The van der Waals surface area contributed by atoms with Gasteiger partial charge >= 0.3 is 0 Å². The fraction of sp³-hybridized carbons (Fsp3) is 0.895. The molecule has 24 heavy (non-hydrogen) atoms. The summed E-state index contributed by atoms with van der Waals surface area (Å²) in [4.78, 5) is 26.7. The van der Waals surface area contributed by atoms with Crippen LogP contribution in [0.25, 0.3) is 0 Å². The Morgan fingerprint density at radius 2 is 1.71 bits per heavy atom. The maximum absolute atomic E-state index is 12.4. The summed E-state index contributed by atoms with van der Waals surface area (Å²) < 4.78 is 0. The summed E-state index contributed by atoms with van der Waals surface area (Å²) in [5, 5.41) is 13.1. The van der Waals surface area contributed by atoms with Crippen molar-refractivity contribution in [2.24, 2.45) is 11.8 Å². The van der Waals surface area contributed by atoms with Gasteiger partial charge in [-0.05, 0) is 31.6 Å². The molecule has 2 saturated carbocycles. The van der Waals surface area contributed by atoms with Gasteiger partial charge in [0, 0.05) is 25.6 Å². The second kappa shape index (κ2) is 8.32. The summed E-state index contributed by atoms with van der Waals surface area (Å²) in [5.74, 6) is 0.171. The topological polar surface area (TPSA) is 69.6 Å². The van der Waals surface area contributed by atoms with Crippen molar-refractivity contribution in [2.75, 3.05) is 13.1 Å². The number of hydrogen-bond acceptors (Lipinski definition) is 3. The Balaban J connectivity index is 1.46. The van der Waals surface area contributed by atoms with Crippen LogP contribution in [0.2, 0.25) is 0 Å². The molecule has 0 bridgehead atoms. The molecule has 5 heteroatoms. The summed E-state index contributed by atoms with van der Waals surface area (Å²) in [6, 6.07) is 0.335. The van der Waals surface area contributed by atoms with E-state index in [9.17, 15) is 14.7 Å². The number of nitrogens with zero attached hydrogens (tertiary/aromatic N) is 1. The molecule has 0 aromatic rings. The third kappa shape index (κ3) is 4.29. The van der Waals surface area contributed by atoms with Crippen molar-refractivity contribution in [1.82, 2.24) is 10.2 Å². The van der Waals surface area contributed by atoms with Crippen molar-refractivity contribution in [1.29, 1.82) is 0 Å². The molecule has 3 rings (SSSR count). The summed E-state index contributed by atoms with van der Waals surface area (Å²) >= 11 is 0. The molecule has 0 spiro atoms. The molecule has 0 aromatic carbocycles. The minimum absolute atomic E-state index is 0.0588. The molecule has 2 amide bonds. The van der Waals surface area contributed by atoms with Crippen LogP contribution in [0.1, 0.15) is 70.6 Å². The number of aliphatic hydroxyl groups is 1. The lowest BCUT2D eigenvalue weighted by Gasteiger charge is -2.27. The number of amides is 2. The standard InChI is InChI=1S/C19H32N2O3/c22-17(14-7-5-6-8-14)12-20-19(24)15-11-18(23)21(13-15)16-9-3-1-2-4-10-16/h14-17,22H,1-13H2,(H,20,24)/t15-,17-/m1/s1. The van der Waals surface area contributed by atoms with Crippen molar-refractivity contribution >= 4 is 11.8 Å². The molecule has 0 unspecified atom stereocenters. The molecule has 5 nitrogen and oxygen atoms in total. The van der Waals surface area contributed by atoms with Crippen molar-refractivity contribution in [2.45, 2.75) is 82.8 Å². The predicted octanol–water partition coefficient (Wildman–Crippen LogP) is 2.22. The first-order valence-corrected chi connectivity index (χ1v) is 9.90. The zero-order valence-electron chi connectivity index (χ0n) is 14.7. The molecule has 2 atom stereocenters. The van der Waals surface area contributed by atoms with Gasteiger partial charge in [-0.25, -0.2) is 0 Å². The Hall–Kier alpha value is -1.10. The Kier molecular flexibility index (Phi) is 6.14. The molecule has 1 heterocycles. The van der Waals surface area contributed by atoms with Gasteiger partial charge in [0.2, 0.25) is 11.8 Å². The van der Waals surface area contributed by atoms with Crippen LogP contribution < -0.4 is 5.32 Å². The lowest BCUT2D eigenvalue weighted by molar-refractivity contribution is -0.130. The highest BCUT2D eigenvalue weighted by Gasteiger charge is 2.38. The van der Waals surface area contributed by atoms with Crippen molar-refractivity contribution in [3.05, 3.63) is 0 Å². The van der Waals surface area contributed by atoms with Crippen molar-refractivity contribution in [3.8, 4) is 0 Å². The Morgan fingerprint density at radius 1 is 1.08 bits per heavy atom. The SMILES string of the molecule is O=C(NC[C@@H](O)C1CCCC1)[C@@H]1CC(=O)N(C2CCCCCC2)C1. The second-order valence-corrected chi connectivity index (χ2v) is 7.95. The van der Waals surface area contributed by atoms with Gasteiger partial charge in [-0.3, -0.25) is 9.59 Å². The van der Waals surface area contributed by atoms with Crippen LogP contribution in [0.15, 0.2) is 0 Å². The van der Waals surface area contributed by atoms with E-state index in [4.69, 9.17) is 0 Å². The summed E-state index contributed by atoms with van der Waals surface area (Å²) in [7, 11) is 0. The largest absolute Gasteiger partial charge is 0.391 e. The number of carbonyl (C=O) groups is 2. The van der Waals surface area contributed by atoms with Gasteiger partial charge in [0.1, 0.15) is 0 Å². The van der Waals surface area contributed by atoms with Crippen molar-refractivity contribution < 1.29 is 14.7 Å². The van der Waals surface area contributed by atoms with Gasteiger partial charge in [-0.1, -0.05) is 38.5 Å². The van der Waals surface area contributed by atoms with Crippen LogP contribution in [-0.2, 0) is 9.59 Å². The van der Waals surface area contributed by atoms with Gasteiger partial charge in [0.25, 0.3) is 0 Å². The molecule has 2 N–H and O–H groups in total. The van der Waals surface area contributed by atoms with Gasteiger partial charge in [-0.15, -0.1) is 0 Å². The molecule has 3 fully saturated rings. The van der Waals surface area contributed by atoms with E-state index in [1.165, 1.54) is 38.5 Å². The Bertz CT molecular complexity index is 440. The van der Waals surface area contributed by atoms with Crippen LogP contribution in [0.3, 0.4) is 0 Å². The maximum atomic E-state index is 12.4. The lowest BCUT2D eigenvalue weighted by atomic mass is 10.0. The summed E-state index contributed by atoms with van der Waals surface area (Å²) in [5.41, 5.74) is 0. The van der Waals surface area contributed by atoms with Gasteiger partial charge in [-0.2, -0.15) is 0 Å². The van der Waals surface area contributed by atoms with E-state index >= 15 is 0 Å². The number of nitrogens with one attached hydrogen (secondary N) is 1. The minimum Gasteiger partial charge on any atom is -0.391 e. The van der Waals surface area contributed by atoms with Crippen LogP contribution >= 0.6 is 0 Å². The first-order valence-electron chi connectivity index (χ1n) is 9.90. The molecule has 3 aliphatic rings. The molecular weight excluding hydrogens is 304 g/mol. The maximum Gasteiger partial charge on any atom is 0.225 e. The molecule has 2 aliphatic carbocycles. The number of carbonyl (C=O) groups excluding carboxylic acids is 2. The van der Waals surface area contributed by atoms with E-state index in [0.29, 0.717) is 31.5 Å². The highest BCUT2D eigenvalue weighted by molar-refractivity contribution is 5.89. The van der Waals surface area contributed by atoms with Crippen LogP contribution in [0.4, 0.5) is 0 Å². The Labute approximate surface area is 145 Å². The molecule has 0 aromatic heterocycles. The second-order valence-electron chi connectivity index (χ2n) is 7.95. The monoisotopic (exact) mass is 336 g/mol. The average Bonchev–Trinajstić information content (AvgIpc) is 3.16. The van der Waals surface area contributed by atoms with Gasteiger partial charge in [0.15, 0.2) is 0 Å². The first kappa shape index (κ1) is 17.7. The van der Waals surface area contributed by atoms with E-state index in [1.807, 2.05) is 4.90 Å². The molecular formula is C19H32N2O3. The van der Waals surface area contributed by atoms with E-state index in [1.54, 1.807) is 0 Å². The molecule has 136 valence electrons. The molecule has 0 radical (unpaired) electrons. The van der Waals surface area contributed by atoms with Crippen LogP contribution in [-0.4, -0.2) is 47.1 Å². The van der Waals surface area contributed by atoms with E-state index < -0.39 is 6.10 Å². The summed E-state index contributed by atoms with van der Waals surface area (Å²) in [6.45, 7) is 0.895. The normalized spacial score (nSPS) is 28.1. The van der Waals surface area contributed by atoms with E-state index in [-0.39, 0.29) is 17.7 Å². The first-order chi connectivity index (χ1) is 11.6. The quantitative estimate of drug-likeness (QED) is 0.757. The average molecular weight is 336 g/mol. The van der Waals surface area contributed by atoms with E-state index in [0.717, 1.165) is 25.7 Å². The fourth-order valence-electron chi connectivity index (χ4n) is 4.69. The minimum atomic E-state index is -0.438. The highest BCUT2D eigenvalue weighted by Crippen LogP contribution is 2.29. The zero-order chi connectivity index (χ0) is 16.9. The van der Waals surface area contributed by atoms with E-state index in [2.05, 4.69) is 5.32 Å². The molecule has 1 saturated heterocycles. The lowest BCUT2D eigenvalue weighted by Crippen LogP contribution is -2.40. The number of likely N-dealkylation sites (tertiary alicyclic amines) is 1. The van der Waals surface area contributed by atoms with Gasteiger partial charge in [0.05, 0.1) is 12.0 Å². The highest BCUT2D eigenvalue weighted by atomic mass is 16.3. The van der Waals surface area contributed by atoms with Gasteiger partial charge < -0.3 is 15.3 Å². The van der Waals surface area contributed by atoms with Crippen LogP contribution in [0, 0.1) is 11.8 Å². The van der Waals surface area contributed by atoms with Crippen molar-refractivity contribution in [3.63, 3.8) is 0 Å². The predicted molar refractivity (Wildman–Crippen MR) is 92.3 cm³/mol. The third-order valence-corrected chi connectivity index (χ3v) is 6.22. The summed E-state index contributed by atoms with van der Waals surface area (Å²) in [6.07, 6.45) is 11.5. The van der Waals surface area contributed by atoms with Crippen LogP contribution in [0.5, 0.6) is 0 Å². The number of hydrogen-bond donors (Lipinski definition) is 2. The fourth-order valence-corrected chi connectivity index (χ4v) is 4.69. The molecule has 1 aliphatic heterocycles. The number of aliphatic hydroxyl groups excluding tert-OH is 1. The third-order valence-electron chi connectivity index (χ3n) is 6.22. The zero-order valence-corrected chi connectivity index (χ0v) is 14.7.